The number of piperidine rings is 1. The summed E-state index contributed by atoms with van der Waals surface area (Å²) in [4.78, 5) is 16.8. The van der Waals surface area contributed by atoms with Gasteiger partial charge in [0.05, 0.1) is 30.0 Å². The normalized spacial score (nSPS) is 21.8. The number of ether oxygens (including phenoxy) is 1. The molecule has 11 heteroatoms. The lowest BCUT2D eigenvalue weighted by Gasteiger charge is -2.41. The number of carbonyl (C=O) groups is 1. The Kier molecular flexibility index (Phi) is 7.84. The number of morpholine rings is 1. The topological polar surface area (TPSA) is 87.5 Å². The highest BCUT2D eigenvalue weighted by Gasteiger charge is 2.36. The Morgan fingerprint density at radius 2 is 1.71 bits per heavy atom. The Hall–Kier alpha value is -2.30. The Morgan fingerprint density at radius 1 is 1.09 bits per heavy atom. The van der Waals surface area contributed by atoms with E-state index in [1.54, 1.807) is 9.80 Å². The summed E-state index contributed by atoms with van der Waals surface area (Å²) >= 11 is 0. The van der Waals surface area contributed by atoms with E-state index in [-0.39, 0.29) is 30.3 Å². The number of nitrogens with zero attached hydrogens (tertiary/aromatic N) is 3. The molecule has 0 bridgehead atoms. The van der Waals surface area contributed by atoms with E-state index < -0.39 is 17.3 Å². The molecule has 2 saturated heterocycles. The Morgan fingerprint density at radius 3 is 2.26 bits per heavy atom. The molecule has 4 rings (SSSR count). The first-order chi connectivity index (χ1) is 15.5. The molecule has 2 atom stereocenters. The van der Waals surface area contributed by atoms with Gasteiger partial charge >= 0.3 is 12.2 Å². The van der Waals surface area contributed by atoms with Crippen LogP contribution in [0.15, 0.2) is 30.3 Å². The minimum absolute atomic E-state index is 0. The number of likely N-dealkylation sites (tertiary alicyclic amines) is 1. The molecule has 3 heterocycles. The van der Waals surface area contributed by atoms with Crippen LogP contribution in [0.2, 0.25) is 0 Å². The summed E-state index contributed by atoms with van der Waals surface area (Å²) in [6.45, 7) is 6.74. The standard InChI is InChI=1S/C23H30F3N5O2.ClH/c1-22(2,27)20-12-19(28-29-20)17-11-16(15-3-5-18(6-4-15)23(24,25)26)13-31(14-17)21(32)30-7-9-33-10-8-30;/h3-6,12,16-17H,7-11,13-14,27H2,1-2H3,(H,28,29);1H. The van der Waals surface area contributed by atoms with Crippen LogP contribution in [-0.4, -0.2) is 65.4 Å². The van der Waals surface area contributed by atoms with Gasteiger partial charge in [-0.1, -0.05) is 12.1 Å². The van der Waals surface area contributed by atoms with Crippen LogP contribution >= 0.6 is 12.4 Å². The largest absolute Gasteiger partial charge is 0.416 e. The summed E-state index contributed by atoms with van der Waals surface area (Å²) in [5.74, 6) is -0.145. The number of aromatic nitrogens is 2. The van der Waals surface area contributed by atoms with Crippen LogP contribution < -0.4 is 5.73 Å². The van der Waals surface area contributed by atoms with Crippen molar-refractivity contribution in [1.82, 2.24) is 20.0 Å². The average Bonchev–Trinajstić information content (AvgIpc) is 3.29. The van der Waals surface area contributed by atoms with Gasteiger partial charge < -0.3 is 20.3 Å². The monoisotopic (exact) mass is 501 g/mol. The fourth-order valence-electron chi connectivity index (χ4n) is 4.50. The van der Waals surface area contributed by atoms with E-state index >= 15 is 0 Å². The van der Waals surface area contributed by atoms with Crippen molar-refractivity contribution in [3.8, 4) is 0 Å². The van der Waals surface area contributed by atoms with Crippen molar-refractivity contribution in [2.24, 2.45) is 5.73 Å². The van der Waals surface area contributed by atoms with Crippen LogP contribution in [0.1, 0.15) is 54.6 Å². The third-order valence-electron chi connectivity index (χ3n) is 6.41. The van der Waals surface area contributed by atoms with Gasteiger partial charge in [-0.2, -0.15) is 18.3 Å². The SMILES string of the molecule is CC(C)(N)c1cc(C2CC(c3ccc(C(F)(F)F)cc3)CN(C(=O)N3CCOCC3)C2)[nH]n1.Cl. The van der Waals surface area contributed by atoms with Crippen molar-refractivity contribution >= 4 is 18.4 Å². The summed E-state index contributed by atoms with van der Waals surface area (Å²) in [5.41, 5.74) is 7.27. The molecule has 188 valence electrons. The molecule has 2 amide bonds. The molecule has 34 heavy (non-hydrogen) atoms. The van der Waals surface area contributed by atoms with E-state index in [1.165, 1.54) is 12.1 Å². The van der Waals surface area contributed by atoms with E-state index in [1.807, 2.05) is 19.9 Å². The van der Waals surface area contributed by atoms with Crippen molar-refractivity contribution < 1.29 is 22.7 Å². The molecule has 2 aliphatic heterocycles. The van der Waals surface area contributed by atoms with Gasteiger partial charge in [0.1, 0.15) is 0 Å². The maximum atomic E-state index is 13.3. The second kappa shape index (κ2) is 10.1. The van der Waals surface area contributed by atoms with Crippen LogP contribution in [0.3, 0.4) is 0 Å². The highest BCUT2D eigenvalue weighted by Crippen LogP contribution is 2.37. The summed E-state index contributed by atoms with van der Waals surface area (Å²) in [6.07, 6.45) is -3.70. The van der Waals surface area contributed by atoms with E-state index in [2.05, 4.69) is 10.2 Å². The number of hydrogen-bond donors (Lipinski definition) is 2. The van der Waals surface area contributed by atoms with Crippen molar-refractivity contribution in [3.63, 3.8) is 0 Å². The molecule has 0 saturated carbocycles. The van der Waals surface area contributed by atoms with Crippen LogP contribution in [0.25, 0.3) is 0 Å². The quantitative estimate of drug-likeness (QED) is 0.663. The van der Waals surface area contributed by atoms with Crippen molar-refractivity contribution in [1.29, 1.82) is 0 Å². The maximum Gasteiger partial charge on any atom is 0.416 e. The lowest BCUT2D eigenvalue weighted by Crippen LogP contribution is -2.52. The highest BCUT2D eigenvalue weighted by molar-refractivity contribution is 5.85. The van der Waals surface area contributed by atoms with Crippen LogP contribution in [0, 0.1) is 0 Å². The lowest BCUT2D eigenvalue weighted by molar-refractivity contribution is -0.137. The molecule has 0 radical (unpaired) electrons. The first-order valence-electron chi connectivity index (χ1n) is 11.2. The Balaban J connectivity index is 0.00000324. The van der Waals surface area contributed by atoms with Crippen molar-refractivity contribution in [2.75, 3.05) is 39.4 Å². The second-order valence-electron chi connectivity index (χ2n) is 9.47. The molecular weight excluding hydrogens is 471 g/mol. The van der Waals surface area contributed by atoms with Gasteiger partial charge in [-0.25, -0.2) is 4.79 Å². The lowest BCUT2D eigenvalue weighted by atomic mass is 9.82. The number of nitrogens with two attached hydrogens (primary N) is 1. The number of rotatable bonds is 3. The smallest absolute Gasteiger partial charge is 0.378 e. The Labute approximate surface area is 203 Å². The first-order valence-corrected chi connectivity index (χ1v) is 11.2. The van der Waals surface area contributed by atoms with E-state index in [0.717, 1.165) is 29.1 Å². The molecule has 2 aliphatic rings. The molecular formula is C23H31ClF3N5O2. The number of halogens is 4. The average molecular weight is 502 g/mol. The fraction of sp³-hybridized carbons (Fsp3) is 0.565. The predicted molar refractivity (Wildman–Crippen MR) is 124 cm³/mol. The third-order valence-corrected chi connectivity index (χ3v) is 6.41. The summed E-state index contributed by atoms with van der Waals surface area (Å²) in [6, 6.07) is 7.12. The van der Waals surface area contributed by atoms with Crippen LogP contribution in [0.5, 0.6) is 0 Å². The molecule has 1 aromatic heterocycles. The first kappa shape index (κ1) is 26.3. The van der Waals surface area contributed by atoms with Gasteiger partial charge in [-0.05, 0) is 44.0 Å². The van der Waals surface area contributed by atoms with Gasteiger partial charge in [0.15, 0.2) is 0 Å². The van der Waals surface area contributed by atoms with E-state index in [4.69, 9.17) is 10.5 Å². The highest BCUT2D eigenvalue weighted by atomic mass is 35.5. The molecule has 0 spiro atoms. The fourth-order valence-corrected chi connectivity index (χ4v) is 4.50. The number of aromatic amines is 1. The van der Waals surface area contributed by atoms with Gasteiger partial charge in [0.2, 0.25) is 0 Å². The van der Waals surface area contributed by atoms with Gasteiger partial charge in [0.25, 0.3) is 0 Å². The summed E-state index contributed by atoms with van der Waals surface area (Å²) in [5, 5.41) is 7.43. The third kappa shape index (κ3) is 5.84. The molecule has 2 aromatic rings. The molecule has 1 aromatic carbocycles. The van der Waals surface area contributed by atoms with E-state index in [0.29, 0.717) is 45.8 Å². The Bertz CT molecular complexity index is 968. The number of alkyl halides is 3. The minimum Gasteiger partial charge on any atom is -0.378 e. The molecule has 2 unspecified atom stereocenters. The molecule has 3 N–H and O–H groups in total. The van der Waals surface area contributed by atoms with Crippen LogP contribution in [0.4, 0.5) is 18.0 Å². The van der Waals surface area contributed by atoms with E-state index in [9.17, 15) is 18.0 Å². The van der Waals surface area contributed by atoms with Crippen LogP contribution in [-0.2, 0) is 16.5 Å². The zero-order valence-electron chi connectivity index (χ0n) is 19.3. The number of carbonyl (C=O) groups excluding carboxylic acids is 1. The maximum absolute atomic E-state index is 13.3. The van der Waals surface area contributed by atoms with Gasteiger partial charge in [0, 0.05) is 43.7 Å². The van der Waals surface area contributed by atoms with Gasteiger partial charge in [-0.3, -0.25) is 5.10 Å². The summed E-state index contributed by atoms with van der Waals surface area (Å²) < 4.78 is 44.4. The van der Waals surface area contributed by atoms with Crippen molar-refractivity contribution in [2.45, 2.75) is 43.8 Å². The number of hydrogen-bond acceptors (Lipinski definition) is 4. The predicted octanol–water partition coefficient (Wildman–Crippen LogP) is 4.07. The second-order valence-corrected chi connectivity index (χ2v) is 9.47. The van der Waals surface area contributed by atoms with Gasteiger partial charge in [-0.15, -0.1) is 12.4 Å². The molecule has 7 nitrogen and oxygen atoms in total. The zero-order valence-corrected chi connectivity index (χ0v) is 20.1. The number of urea groups is 1. The molecule has 2 fully saturated rings. The zero-order chi connectivity index (χ0) is 23.8. The number of nitrogens with one attached hydrogen (secondary N) is 1. The molecule has 0 aliphatic carbocycles. The van der Waals surface area contributed by atoms with Crippen molar-refractivity contribution in [3.05, 3.63) is 52.8 Å². The number of amides is 2. The summed E-state index contributed by atoms with van der Waals surface area (Å²) in [7, 11) is 0. The minimum atomic E-state index is -4.38. The number of H-pyrrole nitrogens is 1. The number of benzene rings is 1.